The van der Waals surface area contributed by atoms with E-state index in [-0.39, 0.29) is 17.1 Å². The van der Waals surface area contributed by atoms with E-state index >= 15 is 0 Å². The second-order valence-corrected chi connectivity index (χ2v) is 8.57. The standard InChI is InChI=1S/C25H25NO3S/c1-26(2)25(27)30-20-12-9-18(10-13-20)24-21-14-11-19(28-3)15-23(21)29-16-22(24)17-7-5-4-6-8-17/h4-15,22,24H,16H2,1-3H3/t22-,24-/m1/s1. The summed E-state index contributed by atoms with van der Waals surface area (Å²) in [6.07, 6.45) is 0. The Kier molecular flexibility index (Phi) is 6.00. The van der Waals surface area contributed by atoms with Crippen LogP contribution in [0.4, 0.5) is 4.79 Å². The van der Waals surface area contributed by atoms with Crippen LogP contribution < -0.4 is 9.47 Å². The number of amides is 1. The van der Waals surface area contributed by atoms with Crippen molar-refractivity contribution in [3.05, 3.63) is 89.5 Å². The van der Waals surface area contributed by atoms with Crippen molar-refractivity contribution in [1.29, 1.82) is 0 Å². The first-order chi connectivity index (χ1) is 14.6. The molecular formula is C25H25NO3S. The zero-order valence-corrected chi connectivity index (χ0v) is 18.2. The number of thioether (sulfide) groups is 1. The molecule has 0 radical (unpaired) electrons. The average Bonchev–Trinajstić information content (AvgIpc) is 2.79. The molecule has 0 bridgehead atoms. The van der Waals surface area contributed by atoms with Gasteiger partial charge in [0, 0.05) is 42.5 Å². The number of carbonyl (C=O) groups excluding carboxylic acids is 1. The van der Waals surface area contributed by atoms with Crippen LogP contribution in [0.3, 0.4) is 0 Å². The third-order valence-electron chi connectivity index (χ3n) is 5.41. The first-order valence-electron chi connectivity index (χ1n) is 9.91. The van der Waals surface area contributed by atoms with Crippen molar-refractivity contribution in [2.75, 3.05) is 27.8 Å². The summed E-state index contributed by atoms with van der Waals surface area (Å²) in [7, 11) is 5.20. The maximum Gasteiger partial charge on any atom is 0.285 e. The molecule has 5 heteroatoms. The Morgan fingerprint density at radius 1 is 1.00 bits per heavy atom. The van der Waals surface area contributed by atoms with Gasteiger partial charge in [0.2, 0.25) is 0 Å². The zero-order valence-electron chi connectivity index (χ0n) is 17.4. The predicted molar refractivity (Wildman–Crippen MR) is 121 cm³/mol. The molecule has 0 N–H and O–H groups in total. The quantitative estimate of drug-likeness (QED) is 0.503. The Balaban J connectivity index is 1.72. The van der Waals surface area contributed by atoms with Crippen molar-refractivity contribution in [2.45, 2.75) is 16.7 Å². The van der Waals surface area contributed by atoms with Crippen LogP contribution in [0.25, 0.3) is 0 Å². The highest BCUT2D eigenvalue weighted by Crippen LogP contribution is 2.47. The number of methoxy groups -OCH3 is 1. The molecule has 4 rings (SSSR count). The van der Waals surface area contributed by atoms with E-state index in [1.165, 1.54) is 22.9 Å². The summed E-state index contributed by atoms with van der Waals surface area (Å²) in [5.74, 6) is 2.02. The summed E-state index contributed by atoms with van der Waals surface area (Å²) in [5, 5.41) is 0.0217. The van der Waals surface area contributed by atoms with E-state index in [4.69, 9.17) is 9.47 Å². The lowest BCUT2D eigenvalue weighted by Crippen LogP contribution is -2.25. The lowest BCUT2D eigenvalue weighted by molar-refractivity contribution is 0.241. The average molecular weight is 420 g/mol. The Morgan fingerprint density at radius 3 is 2.40 bits per heavy atom. The topological polar surface area (TPSA) is 38.8 Å². The van der Waals surface area contributed by atoms with Crippen LogP contribution in [-0.4, -0.2) is 38.0 Å². The molecule has 1 aliphatic rings. The number of nitrogens with zero attached hydrogens (tertiary/aromatic N) is 1. The minimum atomic E-state index is 0.0217. The van der Waals surface area contributed by atoms with Crippen molar-refractivity contribution in [2.24, 2.45) is 0 Å². The molecule has 0 spiro atoms. The molecule has 0 aliphatic carbocycles. The minimum Gasteiger partial charge on any atom is -0.497 e. The molecule has 4 nitrogen and oxygen atoms in total. The maximum absolute atomic E-state index is 12.0. The largest absolute Gasteiger partial charge is 0.497 e. The van der Waals surface area contributed by atoms with Crippen LogP contribution in [0.2, 0.25) is 0 Å². The fraction of sp³-hybridized carbons (Fsp3) is 0.240. The molecule has 3 aromatic carbocycles. The molecule has 0 saturated heterocycles. The molecule has 3 aromatic rings. The highest BCUT2D eigenvalue weighted by Gasteiger charge is 2.33. The number of fused-ring (bicyclic) bond motifs is 1. The van der Waals surface area contributed by atoms with Crippen molar-refractivity contribution in [3.63, 3.8) is 0 Å². The monoisotopic (exact) mass is 419 g/mol. The summed E-state index contributed by atoms with van der Waals surface area (Å²) in [5.41, 5.74) is 3.62. The fourth-order valence-corrected chi connectivity index (χ4v) is 4.51. The highest BCUT2D eigenvalue weighted by molar-refractivity contribution is 8.13. The second kappa shape index (κ2) is 8.84. The third kappa shape index (κ3) is 4.17. The zero-order chi connectivity index (χ0) is 21.1. The van der Waals surface area contributed by atoms with Crippen molar-refractivity contribution < 1.29 is 14.3 Å². The summed E-state index contributed by atoms with van der Waals surface area (Å²) in [6.45, 7) is 0.602. The number of ether oxygens (including phenoxy) is 2. The van der Waals surface area contributed by atoms with Gasteiger partial charge in [0.15, 0.2) is 0 Å². The molecule has 2 atom stereocenters. The predicted octanol–water partition coefficient (Wildman–Crippen LogP) is 5.78. The van der Waals surface area contributed by atoms with E-state index in [0.29, 0.717) is 6.61 Å². The van der Waals surface area contributed by atoms with Crippen LogP contribution >= 0.6 is 11.8 Å². The number of hydrogen-bond acceptors (Lipinski definition) is 4. The number of carbonyl (C=O) groups is 1. The van der Waals surface area contributed by atoms with Crippen LogP contribution in [0.15, 0.2) is 77.7 Å². The molecule has 0 aromatic heterocycles. The van der Waals surface area contributed by atoms with Gasteiger partial charge in [-0.3, -0.25) is 4.79 Å². The van der Waals surface area contributed by atoms with Gasteiger partial charge >= 0.3 is 0 Å². The smallest absolute Gasteiger partial charge is 0.285 e. The van der Waals surface area contributed by atoms with E-state index in [1.54, 1.807) is 26.1 Å². The summed E-state index contributed by atoms with van der Waals surface area (Å²) >= 11 is 1.24. The van der Waals surface area contributed by atoms with Gasteiger partial charge in [-0.25, -0.2) is 0 Å². The van der Waals surface area contributed by atoms with Gasteiger partial charge in [-0.1, -0.05) is 48.5 Å². The van der Waals surface area contributed by atoms with E-state index < -0.39 is 0 Å². The third-order valence-corrected chi connectivity index (χ3v) is 6.46. The molecule has 1 aliphatic heterocycles. The Bertz CT molecular complexity index is 1020. The maximum atomic E-state index is 12.0. The van der Waals surface area contributed by atoms with Gasteiger partial charge < -0.3 is 14.4 Å². The van der Waals surface area contributed by atoms with Gasteiger partial charge in [-0.2, -0.15) is 0 Å². The second-order valence-electron chi connectivity index (χ2n) is 7.54. The molecule has 0 saturated carbocycles. The fourth-order valence-electron chi connectivity index (χ4n) is 3.85. The van der Waals surface area contributed by atoms with E-state index in [9.17, 15) is 4.79 Å². The lowest BCUT2D eigenvalue weighted by atomic mass is 9.76. The first-order valence-corrected chi connectivity index (χ1v) is 10.7. The van der Waals surface area contributed by atoms with Gasteiger partial charge in [-0.15, -0.1) is 0 Å². The van der Waals surface area contributed by atoms with Gasteiger partial charge in [0.1, 0.15) is 11.5 Å². The van der Waals surface area contributed by atoms with Gasteiger partial charge in [-0.05, 0) is 41.1 Å². The highest BCUT2D eigenvalue weighted by atomic mass is 32.2. The Morgan fingerprint density at radius 2 is 1.73 bits per heavy atom. The summed E-state index contributed by atoms with van der Waals surface area (Å²) < 4.78 is 11.5. The van der Waals surface area contributed by atoms with Crippen LogP contribution in [0.1, 0.15) is 28.5 Å². The molecule has 0 fully saturated rings. The van der Waals surface area contributed by atoms with Crippen molar-refractivity contribution in [1.82, 2.24) is 4.90 Å². The molecule has 1 heterocycles. The molecule has 1 amide bonds. The summed E-state index contributed by atoms with van der Waals surface area (Å²) in [6, 6.07) is 24.9. The lowest BCUT2D eigenvalue weighted by Gasteiger charge is -2.34. The van der Waals surface area contributed by atoms with E-state index in [1.807, 2.05) is 30.3 Å². The first kappa shape index (κ1) is 20.4. The van der Waals surface area contributed by atoms with Gasteiger partial charge in [0.05, 0.1) is 13.7 Å². The van der Waals surface area contributed by atoms with Crippen molar-refractivity contribution >= 4 is 17.0 Å². The van der Waals surface area contributed by atoms with E-state index in [0.717, 1.165) is 22.0 Å². The number of hydrogen-bond donors (Lipinski definition) is 0. The Labute approximate surface area is 181 Å². The van der Waals surface area contributed by atoms with E-state index in [2.05, 4.69) is 42.5 Å². The molecular weight excluding hydrogens is 394 g/mol. The van der Waals surface area contributed by atoms with Crippen LogP contribution in [0.5, 0.6) is 11.5 Å². The van der Waals surface area contributed by atoms with Crippen LogP contribution in [-0.2, 0) is 0 Å². The van der Waals surface area contributed by atoms with Gasteiger partial charge in [0.25, 0.3) is 5.24 Å². The van der Waals surface area contributed by atoms with Crippen molar-refractivity contribution in [3.8, 4) is 11.5 Å². The molecule has 0 unspecified atom stereocenters. The Hall–Kier alpha value is -2.92. The van der Waals surface area contributed by atoms with Crippen LogP contribution in [0, 0.1) is 0 Å². The number of rotatable bonds is 4. The normalized spacial score (nSPS) is 17.6. The number of benzene rings is 3. The minimum absolute atomic E-state index is 0.0217. The molecule has 154 valence electrons. The summed E-state index contributed by atoms with van der Waals surface area (Å²) in [4.78, 5) is 14.6. The SMILES string of the molecule is COc1ccc2c(c1)OC[C@H](c1ccccc1)[C@@H]2c1ccc(SC(=O)N(C)C)cc1. The molecule has 30 heavy (non-hydrogen) atoms.